The lowest BCUT2D eigenvalue weighted by molar-refractivity contribution is -0.483. The summed E-state index contributed by atoms with van der Waals surface area (Å²) in [5, 5.41) is 11.7. The van der Waals surface area contributed by atoms with Gasteiger partial charge in [0.2, 0.25) is 0 Å². The molecule has 2 aromatic carbocycles. The summed E-state index contributed by atoms with van der Waals surface area (Å²) < 4.78 is 18.3. The van der Waals surface area contributed by atoms with E-state index in [1.165, 1.54) is 0 Å². The molecule has 0 heterocycles. The Morgan fingerprint density at radius 2 is 1.14 bits per heavy atom. The zero-order valence-electron chi connectivity index (χ0n) is 10.5. The Morgan fingerprint density at radius 3 is 1.38 bits per heavy atom. The summed E-state index contributed by atoms with van der Waals surface area (Å²) in [7, 11) is 4.81. The molecular weight excluding hydrogens is 339 g/mol. The molecule has 0 aliphatic heterocycles. The van der Waals surface area contributed by atoms with Crippen molar-refractivity contribution in [3.63, 3.8) is 0 Å². The molecule has 2 aromatic rings. The number of halogens is 2. The summed E-state index contributed by atoms with van der Waals surface area (Å²) in [4.78, 5) is 11.0. The summed E-state index contributed by atoms with van der Waals surface area (Å²) >= 11 is 0. The van der Waals surface area contributed by atoms with Gasteiger partial charge in [-0.05, 0) is 24.3 Å². The predicted octanol–water partition coefficient (Wildman–Crippen LogP) is 3.73. The number of hydrogen-bond acceptors (Lipinski definition) is 4. The molecule has 0 saturated carbocycles. The molecule has 0 aliphatic rings. The third-order valence-electron chi connectivity index (χ3n) is 2.16. The molecule has 0 amide bonds. The lowest BCUT2D eigenvalue weighted by Gasteiger charge is -2.13. The first-order valence-corrected chi connectivity index (χ1v) is 8.61. The monoisotopic (exact) mass is 348 g/mol. The highest BCUT2D eigenvalue weighted by atomic mass is 36.0. The topological polar surface area (TPSA) is 80.5 Å². The van der Waals surface area contributed by atoms with E-state index >= 15 is 0 Å². The number of anilines is 2. The van der Waals surface area contributed by atoms with Gasteiger partial charge >= 0.3 is 8.26 Å². The van der Waals surface area contributed by atoms with Crippen molar-refractivity contribution < 1.29 is 13.5 Å². The molecule has 0 saturated heterocycles. The minimum Gasteiger partial charge on any atom is -0.234 e. The van der Waals surface area contributed by atoms with Crippen LogP contribution in [0.25, 0.3) is 0 Å². The maximum Gasteiger partial charge on any atom is 0.317 e. The van der Waals surface area contributed by atoms with E-state index in [0.717, 1.165) is 5.01 Å². The molecular formula is C12H10Cl2N2O4S. The van der Waals surface area contributed by atoms with Gasteiger partial charge in [-0.2, -0.15) is 8.42 Å². The van der Waals surface area contributed by atoms with Gasteiger partial charge in [-0.15, -0.1) is 0 Å². The number of nitrogens with zero attached hydrogens (tertiary/aromatic N) is 2. The van der Waals surface area contributed by atoms with Crippen molar-refractivity contribution in [2.45, 2.75) is 0 Å². The van der Waals surface area contributed by atoms with E-state index in [0.29, 0.717) is 11.4 Å². The van der Waals surface area contributed by atoms with Gasteiger partial charge in [-0.25, -0.2) is 10.1 Å². The first-order chi connectivity index (χ1) is 9.79. The van der Waals surface area contributed by atoms with E-state index in [1.54, 1.807) is 48.5 Å². The Morgan fingerprint density at radius 1 is 0.857 bits per heavy atom. The normalized spacial score (nSPS) is 10.2. The van der Waals surface area contributed by atoms with E-state index in [2.05, 4.69) is 21.4 Å². The highest BCUT2D eigenvalue weighted by molar-refractivity contribution is 8.31. The van der Waals surface area contributed by atoms with Crippen molar-refractivity contribution in [1.82, 2.24) is 0 Å². The van der Waals surface area contributed by atoms with Crippen molar-refractivity contribution >= 4 is 41.0 Å². The lowest BCUT2D eigenvalue weighted by atomic mass is 10.2. The molecule has 0 radical (unpaired) electrons. The Labute approximate surface area is 130 Å². The highest BCUT2D eigenvalue weighted by Crippen LogP contribution is 2.24. The molecule has 112 valence electrons. The van der Waals surface area contributed by atoms with Gasteiger partial charge in [0.1, 0.15) is 11.4 Å². The van der Waals surface area contributed by atoms with Crippen LogP contribution in [0.2, 0.25) is 0 Å². The van der Waals surface area contributed by atoms with Crippen LogP contribution in [0.5, 0.6) is 0 Å². The third-order valence-corrected chi connectivity index (χ3v) is 2.16. The molecule has 9 heteroatoms. The maximum absolute atomic E-state index is 11.0. The Hall–Kier alpha value is -1.83. The zero-order valence-corrected chi connectivity index (χ0v) is 12.8. The second kappa shape index (κ2) is 7.82. The van der Waals surface area contributed by atoms with Crippen LogP contribution < -0.4 is 5.01 Å². The fourth-order valence-corrected chi connectivity index (χ4v) is 1.48. The van der Waals surface area contributed by atoms with Gasteiger partial charge < -0.3 is 0 Å². The van der Waals surface area contributed by atoms with Crippen LogP contribution >= 0.6 is 21.4 Å². The maximum atomic E-state index is 11.0. The summed E-state index contributed by atoms with van der Waals surface area (Å²) in [5.41, 5.74) is 1.08. The zero-order chi connectivity index (χ0) is 15.9. The number of nitro groups is 1. The fourth-order valence-electron chi connectivity index (χ4n) is 1.48. The number of hydrogen-bond donors (Lipinski definition) is 0. The fraction of sp³-hybridized carbons (Fsp3) is 0. The second-order valence-corrected chi connectivity index (χ2v) is 7.27. The van der Waals surface area contributed by atoms with Crippen molar-refractivity contribution in [2.24, 2.45) is 0 Å². The molecule has 0 aliphatic carbocycles. The molecule has 21 heavy (non-hydrogen) atoms. The minimum atomic E-state index is -3.72. The van der Waals surface area contributed by atoms with Crippen LogP contribution in [0.4, 0.5) is 11.4 Å². The van der Waals surface area contributed by atoms with Gasteiger partial charge in [-0.3, -0.25) is 0 Å². The van der Waals surface area contributed by atoms with Crippen LogP contribution in [-0.4, -0.2) is 13.5 Å². The molecule has 0 spiro atoms. The Bertz CT molecular complexity index is 633. The third kappa shape index (κ3) is 6.94. The van der Waals surface area contributed by atoms with Gasteiger partial charge in [0.05, 0.1) is 0 Å². The molecule has 0 bridgehead atoms. The number of benzene rings is 2. The number of rotatable bonds is 3. The largest absolute Gasteiger partial charge is 0.317 e. The van der Waals surface area contributed by atoms with E-state index in [1.807, 2.05) is 12.1 Å². The first-order valence-electron chi connectivity index (χ1n) is 5.48. The summed E-state index contributed by atoms with van der Waals surface area (Å²) in [6.07, 6.45) is 0. The van der Waals surface area contributed by atoms with E-state index in [-0.39, 0.29) is 0 Å². The second-order valence-electron chi connectivity index (χ2n) is 3.60. The Kier molecular flexibility index (Phi) is 6.41. The minimum absolute atomic E-state index is 0.426. The van der Waals surface area contributed by atoms with Gasteiger partial charge in [0, 0.05) is 21.4 Å². The SMILES string of the molecule is O=S(=O)(Cl)Cl.O=[N+]([O-])N(c1ccccc1)c1ccccc1. The first kappa shape index (κ1) is 17.2. The molecule has 0 aromatic heterocycles. The van der Waals surface area contributed by atoms with E-state index in [4.69, 9.17) is 8.42 Å². The molecule has 0 unspecified atom stereocenters. The predicted molar refractivity (Wildman–Crippen MR) is 82.6 cm³/mol. The summed E-state index contributed by atoms with van der Waals surface area (Å²) in [5.74, 6) is 0. The lowest BCUT2D eigenvalue weighted by Crippen LogP contribution is -2.23. The summed E-state index contributed by atoms with van der Waals surface area (Å²) in [6.45, 7) is 0. The van der Waals surface area contributed by atoms with E-state index in [9.17, 15) is 10.1 Å². The molecule has 0 N–H and O–H groups in total. The molecule has 0 atom stereocenters. The van der Waals surface area contributed by atoms with Crippen molar-refractivity contribution in [3.05, 3.63) is 70.8 Å². The van der Waals surface area contributed by atoms with Gasteiger partial charge in [-0.1, -0.05) is 41.4 Å². The quantitative estimate of drug-likeness (QED) is 0.479. The highest BCUT2D eigenvalue weighted by Gasteiger charge is 2.18. The number of hydrazine groups is 1. The van der Waals surface area contributed by atoms with Gasteiger partial charge in [0.15, 0.2) is 5.03 Å². The van der Waals surface area contributed by atoms with Crippen LogP contribution in [0.1, 0.15) is 0 Å². The van der Waals surface area contributed by atoms with Crippen molar-refractivity contribution in [3.8, 4) is 0 Å². The van der Waals surface area contributed by atoms with Crippen LogP contribution in [0.3, 0.4) is 0 Å². The van der Waals surface area contributed by atoms with Crippen LogP contribution in [0.15, 0.2) is 60.7 Å². The molecule has 0 fully saturated rings. The average Bonchev–Trinajstić information content (AvgIpc) is 2.39. The smallest absolute Gasteiger partial charge is 0.234 e. The summed E-state index contributed by atoms with van der Waals surface area (Å²) in [6, 6.07) is 17.6. The van der Waals surface area contributed by atoms with E-state index < -0.39 is 13.3 Å². The molecule has 6 nitrogen and oxygen atoms in total. The van der Waals surface area contributed by atoms with Crippen LogP contribution in [0, 0.1) is 10.1 Å². The number of para-hydroxylation sites is 2. The van der Waals surface area contributed by atoms with Crippen LogP contribution in [-0.2, 0) is 8.26 Å². The molecule has 2 rings (SSSR count). The average molecular weight is 349 g/mol. The Balaban J connectivity index is 0.000000383. The van der Waals surface area contributed by atoms with Crippen molar-refractivity contribution in [2.75, 3.05) is 5.01 Å². The van der Waals surface area contributed by atoms with Crippen molar-refractivity contribution in [1.29, 1.82) is 0 Å². The van der Waals surface area contributed by atoms with Gasteiger partial charge in [0.25, 0.3) is 0 Å². The standard InChI is InChI=1S/C12H10N2O2.Cl2O2S/c15-14(16)13(11-7-3-1-4-8-11)12-9-5-2-6-10-12;1-5(2,3)4/h1-10H;.